The van der Waals surface area contributed by atoms with Crippen LogP contribution in [-0.2, 0) is 9.59 Å². The zero-order valence-electron chi connectivity index (χ0n) is 22.8. The number of rotatable bonds is 5. The van der Waals surface area contributed by atoms with E-state index in [2.05, 4.69) is 41.3 Å². The molecule has 3 aromatic carbocycles. The predicted octanol–water partition coefficient (Wildman–Crippen LogP) is 5.60. The highest BCUT2D eigenvalue weighted by atomic mass is 79.9. The van der Waals surface area contributed by atoms with Gasteiger partial charge in [-0.15, -0.1) is 0 Å². The fourth-order valence-corrected chi connectivity index (χ4v) is 5.22. The van der Waals surface area contributed by atoms with Crippen LogP contribution in [0.3, 0.4) is 0 Å². The predicted molar refractivity (Wildman–Crippen MR) is 157 cm³/mol. The summed E-state index contributed by atoms with van der Waals surface area (Å²) in [5.74, 6) is -0.518. The average Bonchev–Trinajstić information content (AvgIpc) is 3.66. The zero-order valence-corrected chi connectivity index (χ0v) is 24.4. The van der Waals surface area contributed by atoms with Gasteiger partial charge in [0.25, 0.3) is 0 Å². The summed E-state index contributed by atoms with van der Waals surface area (Å²) in [5, 5.41) is 6.78. The van der Waals surface area contributed by atoms with Crippen molar-refractivity contribution in [2.45, 2.75) is 19.9 Å². The Morgan fingerprint density at radius 2 is 1.76 bits per heavy atom. The Bertz CT molecular complexity index is 1780. The standard InChI is InChI=1S/C30H26BrFN6O4/c1-17-3-5-19(6-4-17)26-35-28(42-36-26)18(2)37-11-13-38(14-12-37)30(40)27(39)33-21-8-10-25-24(16-21)34-29(41-25)22-15-20(32)7-9-23(22)31/h3-10,15-16,18H,11-14H2,1-2H3,(H,33,39). The van der Waals surface area contributed by atoms with Gasteiger partial charge in [0, 0.05) is 41.9 Å². The molecule has 0 spiro atoms. The van der Waals surface area contributed by atoms with Gasteiger partial charge in [0.15, 0.2) is 5.58 Å². The summed E-state index contributed by atoms with van der Waals surface area (Å²) in [5.41, 5.74) is 3.81. The van der Waals surface area contributed by atoms with E-state index in [4.69, 9.17) is 8.94 Å². The van der Waals surface area contributed by atoms with Crippen LogP contribution in [-0.4, -0.2) is 62.9 Å². The van der Waals surface area contributed by atoms with Gasteiger partial charge < -0.3 is 19.2 Å². The van der Waals surface area contributed by atoms with Gasteiger partial charge in [-0.1, -0.05) is 35.0 Å². The molecule has 1 aliphatic rings. The Hall–Kier alpha value is -4.42. The minimum atomic E-state index is -0.743. The molecule has 10 nitrogen and oxygen atoms in total. The van der Waals surface area contributed by atoms with Crippen LogP contribution in [0.1, 0.15) is 24.4 Å². The van der Waals surface area contributed by atoms with E-state index in [1.54, 1.807) is 24.3 Å². The lowest BCUT2D eigenvalue weighted by atomic mass is 10.1. The highest BCUT2D eigenvalue weighted by Crippen LogP contribution is 2.32. The maximum absolute atomic E-state index is 13.7. The summed E-state index contributed by atoms with van der Waals surface area (Å²) in [6.07, 6.45) is 0. The molecule has 1 N–H and O–H groups in total. The van der Waals surface area contributed by atoms with E-state index >= 15 is 0 Å². The second-order valence-electron chi connectivity index (χ2n) is 10.1. The highest BCUT2D eigenvalue weighted by Gasteiger charge is 2.30. The normalized spacial score (nSPS) is 14.7. The van der Waals surface area contributed by atoms with Gasteiger partial charge in [0.05, 0.1) is 11.6 Å². The van der Waals surface area contributed by atoms with Crippen LogP contribution in [0, 0.1) is 12.7 Å². The van der Waals surface area contributed by atoms with Crippen LogP contribution in [0.15, 0.2) is 74.1 Å². The van der Waals surface area contributed by atoms with Crippen LogP contribution < -0.4 is 5.32 Å². The van der Waals surface area contributed by atoms with E-state index in [-0.39, 0.29) is 11.9 Å². The van der Waals surface area contributed by atoms with Crippen molar-refractivity contribution in [2.75, 3.05) is 31.5 Å². The third kappa shape index (κ3) is 5.68. The lowest BCUT2D eigenvalue weighted by Gasteiger charge is -2.36. The molecule has 5 aromatic rings. The molecule has 214 valence electrons. The first-order chi connectivity index (χ1) is 20.2. The first kappa shape index (κ1) is 27.7. The van der Waals surface area contributed by atoms with Gasteiger partial charge in [-0.2, -0.15) is 4.98 Å². The summed E-state index contributed by atoms with van der Waals surface area (Å²) < 4.78 is 25.7. The Balaban J connectivity index is 1.06. The van der Waals surface area contributed by atoms with E-state index in [0.717, 1.165) is 11.1 Å². The number of nitrogens with zero attached hydrogens (tertiary/aromatic N) is 5. The Morgan fingerprint density at radius 3 is 2.52 bits per heavy atom. The average molecular weight is 633 g/mol. The number of anilines is 1. The molecule has 1 fully saturated rings. The van der Waals surface area contributed by atoms with Crippen molar-refractivity contribution in [1.82, 2.24) is 24.9 Å². The van der Waals surface area contributed by atoms with Crippen molar-refractivity contribution in [3.63, 3.8) is 0 Å². The molecule has 0 radical (unpaired) electrons. The SMILES string of the molecule is Cc1ccc(-c2noc(C(C)N3CCN(C(=O)C(=O)Nc4ccc5oc(-c6cc(F)ccc6Br)nc5c4)CC3)n2)cc1. The molecule has 1 aliphatic heterocycles. The first-order valence-electron chi connectivity index (χ1n) is 13.4. The summed E-state index contributed by atoms with van der Waals surface area (Å²) in [7, 11) is 0. The van der Waals surface area contributed by atoms with Crippen LogP contribution in [0.2, 0.25) is 0 Å². The van der Waals surface area contributed by atoms with E-state index in [1.165, 1.54) is 17.0 Å². The summed E-state index contributed by atoms with van der Waals surface area (Å²) in [6.45, 7) is 5.85. The molecule has 1 saturated heterocycles. The highest BCUT2D eigenvalue weighted by molar-refractivity contribution is 9.10. The van der Waals surface area contributed by atoms with Crippen LogP contribution in [0.5, 0.6) is 0 Å². The number of benzene rings is 3. The maximum Gasteiger partial charge on any atom is 0.313 e. The molecule has 6 rings (SSSR count). The number of fused-ring (bicyclic) bond motifs is 1. The van der Waals surface area contributed by atoms with Gasteiger partial charge in [-0.25, -0.2) is 9.37 Å². The molecule has 12 heteroatoms. The fraction of sp³-hybridized carbons (Fsp3) is 0.233. The van der Waals surface area contributed by atoms with Crippen LogP contribution in [0.4, 0.5) is 10.1 Å². The van der Waals surface area contributed by atoms with Crippen LogP contribution >= 0.6 is 15.9 Å². The Labute approximate surface area is 248 Å². The number of hydrogen-bond acceptors (Lipinski definition) is 8. The van der Waals surface area contributed by atoms with E-state index in [1.807, 2.05) is 38.1 Å². The molecule has 2 amide bonds. The van der Waals surface area contributed by atoms with Crippen molar-refractivity contribution in [1.29, 1.82) is 0 Å². The van der Waals surface area contributed by atoms with E-state index in [0.29, 0.717) is 64.7 Å². The number of aryl methyl sites for hydroxylation is 1. The van der Waals surface area contributed by atoms with Crippen molar-refractivity contribution in [3.8, 4) is 22.8 Å². The molecule has 1 atom stereocenters. The molecular formula is C30H26BrFN6O4. The van der Waals surface area contributed by atoms with Crippen molar-refractivity contribution in [3.05, 3.63) is 82.4 Å². The number of halogens is 2. The molecular weight excluding hydrogens is 607 g/mol. The topological polar surface area (TPSA) is 118 Å². The minimum absolute atomic E-state index is 0.144. The molecule has 0 bridgehead atoms. The Morgan fingerprint density at radius 1 is 1.00 bits per heavy atom. The molecule has 3 heterocycles. The van der Waals surface area contributed by atoms with Crippen molar-refractivity contribution >= 4 is 44.5 Å². The maximum atomic E-state index is 13.7. The molecule has 2 aromatic heterocycles. The summed E-state index contributed by atoms with van der Waals surface area (Å²) in [4.78, 5) is 38.4. The van der Waals surface area contributed by atoms with E-state index < -0.39 is 17.6 Å². The van der Waals surface area contributed by atoms with Gasteiger partial charge in [-0.3, -0.25) is 14.5 Å². The molecule has 0 saturated carbocycles. The number of carbonyl (C=O) groups excluding carboxylic acids is 2. The molecule has 0 aliphatic carbocycles. The summed E-state index contributed by atoms with van der Waals surface area (Å²) >= 11 is 3.38. The molecule has 42 heavy (non-hydrogen) atoms. The molecule has 1 unspecified atom stereocenters. The van der Waals surface area contributed by atoms with Crippen molar-refractivity contribution in [2.24, 2.45) is 0 Å². The van der Waals surface area contributed by atoms with Gasteiger partial charge in [-0.05, 0) is 66.2 Å². The third-order valence-electron chi connectivity index (χ3n) is 7.26. The smallest absolute Gasteiger partial charge is 0.313 e. The first-order valence-corrected chi connectivity index (χ1v) is 14.2. The van der Waals surface area contributed by atoms with Crippen LogP contribution in [0.25, 0.3) is 33.9 Å². The van der Waals surface area contributed by atoms with Gasteiger partial charge in [0.1, 0.15) is 11.3 Å². The monoisotopic (exact) mass is 632 g/mol. The summed E-state index contributed by atoms with van der Waals surface area (Å²) in [6, 6.07) is 16.9. The lowest BCUT2D eigenvalue weighted by Crippen LogP contribution is -2.52. The third-order valence-corrected chi connectivity index (χ3v) is 7.95. The van der Waals surface area contributed by atoms with E-state index in [9.17, 15) is 14.0 Å². The quantitative estimate of drug-likeness (QED) is 0.249. The second-order valence-corrected chi connectivity index (χ2v) is 11.0. The minimum Gasteiger partial charge on any atom is -0.436 e. The second kappa shape index (κ2) is 11.5. The number of amides is 2. The number of oxazole rings is 1. The Kier molecular flexibility index (Phi) is 7.56. The lowest BCUT2D eigenvalue weighted by molar-refractivity contribution is -0.144. The largest absolute Gasteiger partial charge is 0.436 e. The van der Waals surface area contributed by atoms with Crippen molar-refractivity contribution < 1.29 is 22.9 Å². The van der Waals surface area contributed by atoms with Gasteiger partial charge >= 0.3 is 11.8 Å². The number of piperazine rings is 1. The number of carbonyl (C=O) groups is 2. The fourth-order valence-electron chi connectivity index (χ4n) is 4.80. The number of aromatic nitrogens is 3. The van der Waals surface area contributed by atoms with Gasteiger partial charge in [0.2, 0.25) is 17.6 Å². The number of nitrogens with one attached hydrogen (secondary N) is 1. The zero-order chi connectivity index (χ0) is 29.4. The number of hydrogen-bond donors (Lipinski definition) is 1.